The van der Waals surface area contributed by atoms with Crippen LogP contribution in [0, 0.1) is 11.8 Å². The van der Waals surface area contributed by atoms with Crippen LogP contribution in [0.25, 0.3) is 0 Å². The van der Waals surface area contributed by atoms with Gasteiger partial charge in [-0.1, -0.05) is 19.1 Å². The number of rotatable bonds is 7. The van der Waals surface area contributed by atoms with Gasteiger partial charge >= 0.3 is 11.9 Å². The lowest BCUT2D eigenvalue weighted by Gasteiger charge is -2.38. The number of hydrogen-bond acceptors (Lipinski definition) is 7. The Hall–Kier alpha value is -3.09. The van der Waals surface area contributed by atoms with E-state index >= 15 is 0 Å². The van der Waals surface area contributed by atoms with Crippen molar-refractivity contribution in [3.8, 4) is 0 Å². The van der Waals surface area contributed by atoms with Gasteiger partial charge in [-0.25, -0.2) is 4.79 Å². The summed E-state index contributed by atoms with van der Waals surface area (Å²) in [5.41, 5.74) is 4.15. The van der Waals surface area contributed by atoms with Crippen LogP contribution in [0.2, 0.25) is 0 Å². The Morgan fingerprint density at radius 1 is 1.15 bits per heavy atom. The van der Waals surface area contributed by atoms with E-state index in [1.807, 2.05) is 38.1 Å². The predicted octanol–water partition coefficient (Wildman–Crippen LogP) is 4.10. The molecule has 0 amide bonds. The number of ether oxygens (including phenoxy) is 2. The maximum atomic E-state index is 13.7. The van der Waals surface area contributed by atoms with Crippen molar-refractivity contribution in [1.82, 2.24) is 5.32 Å². The number of methoxy groups -OCH3 is 1. The number of dihydropyridines is 1. The number of nitrogens with one attached hydrogen (secondary N) is 1. The normalized spacial score (nSPS) is 22.4. The average molecular weight is 469 g/mol. The number of carbonyl (C=O) groups excluding carboxylic acids is 3. The summed E-state index contributed by atoms with van der Waals surface area (Å²) in [6.45, 7) is 13.2. The highest BCUT2D eigenvalue weighted by atomic mass is 16.5. The molecule has 3 atom stereocenters. The molecule has 1 N–H and O–H groups in total. The highest BCUT2D eigenvalue weighted by Crippen LogP contribution is 2.45. The minimum absolute atomic E-state index is 0.214. The molecule has 7 heteroatoms. The molecule has 0 spiro atoms. The lowest BCUT2D eigenvalue weighted by atomic mass is 9.69. The van der Waals surface area contributed by atoms with Crippen molar-refractivity contribution in [3.63, 3.8) is 0 Å². The van der Waals surface area contributed by atoms with Gasteiger partial charge in [-0.3, -0.25) is 9.59 Å². The van der Waals surface area contributed by atoms with Gasteiger partial charge in [-0.2, -0.15) is 0 Å². The van der Waals surface area contributed by atoms with Crippen LogP contribution in [0.1, 0.15) is 59.4 Å². The molecule has 3 rings (SSSR count). The van der Waals surface area contributed by atoms with Gasteiger partial charge in [0.1, 0.15) is 5.92 Å². The van der Waals surface area contributed by atoms with Crippen molar-refractivity contribution in [2.75, 3.05) is 25.1 Å². The maximum absolute atomic E-state index is 13.7. The third-order valence-electron chi connectivity index (χ3n) is 6.66. The molecule has 1 aliphatic heterocycles. The fourth-order valence-electron chi connectivity index (χ4n) is 5.03. The van der Waals surface area contributed by atoms with Crippen LogP contribution in [0.3, 0.4) is 0 Å². The van der Waals surface area contributed by atoms with E-state index in [1.165, 1.54) is 7.11 Å². The first kappa shape index (κ1) is 25.5. The first-order valence-corrected chi connectivity index (χ1v) is 12.0. The summed E-state index contributed by atoms with van der Waals surface area (Å²) >= 11 is 0. The molecule has 1 aromatic rings. The zero-order chi connectivity index (χ0) is 25.2. The molecule has 0 fully saturated rings. The minimum atomic E-state index is -0.899. The molecule has 0 bridgehead atoms. The fraction of sp³-hybridized carbons (Fsp3) is 0.519. The quantitative estimate of drug-likeness (QED) is 0.476. The number of anilines is 1. The Bertz CT molecular complexity index is 1020. The van der Waals surface area contributed by atoms with Crippen LogP contribution in [-0.2, 0) is 23.9 Å². The van der Waals surface area contributed by atoms with E-state index in [-0.39, 0.29) is 17.8 Å². The number of nitrogens with zero attached hydrogens (tertiary/aromatic N) is 1. The van der Waals surface area contributed by atoms with E-state index in [9.17, 15) is 14.4 Å². The smallest absolute Gasteiger partial charge is 0.337 e. The van der Waals surface area contributed by atoms with Crippen molar-refractivity contribution in [2.24, 2.45) is 11.8 Å². The summed E-state index contributed by atoms with van der Waals surface area (Å²) in [6.07, 6.45) is 0.206. The van der Waals surface area contributed by atoms with E-state index < -0.39 is 23.8 Å². The maximum Gasteiger partial charge on any atom is 0.337 e. The van der Waals surface area contributed by atoms with Crippen LogP contribution in [0.15, 0.2) is 46.8 Å². The first-order chi connectivity index (χ1) is 16.1. The highest BCUT2D eigenvalue weighted by Gasteiger charge is 2.47. The summed E-state index contributed by atoms with van der Waals surface area (Å²) in [6, 6.07) is 7.95. The number of hydrogen-bond donors (Lipinski definition) is 1. The number of ketones is 1. The Kier molecular flexibility index (Phi) is 7.85. The molecular formula is C27H36N2O5. The zero-order valence-electron chi connectivity index (χ0n) is 21.2. The Labute approximate surface area is 202 Å². The van der Waals surface area contributed by atoms with E-state index in [0.717, 1.165) is 30.0 Å². The second-order valence-corrected chi connectivity index (χ2v) is 9.25. The first-order valence-electron chi connectivity index (χ1n) is 12.0. The van der Waals surface area contributed by atoms with Crippen molar-refractivity contribution >= 4 is 23.4 Å². The summed E-state index contributed by atoms with van der Waals surface area (Å²) in [4.78, 5) is 41.7. The van der Waals surface area contributed by atoms with E-state index in [2.05, 4.69) is 24.1 Å². The van der Waals surface area contributed by atoms with Gasteiger partial charge in [-0.05, 0) is 64.7 Å². The molecule has 0 aromatic heterocycles. The van der Waals surface area contributed by atoms with Crippen LogP contribution in [-0.4, -0.2) is 44.0 Å². The SMILES string of the molecule is CCN(CC)c1ccc([C@@H]2C(C(=O)OC(C)C)=C(C)NC3=C2C(=O)[C@@H](C(=O)OC)[C@H](C)C3)cc1. The summed E-state index contributed by atoms with van der Waals surface area (Å²) in [7, 11) is 1.30. The van der Waals surface area contributed by atoms with Crippen molar-refractivity contribution < 1.29 is 23.9 Å². The van der Waals surface area contributed by atoms with Crippen molar-refractivity contribution in [3.05, 3.63) is 52.4 Å². The van der Waals surface area contributed by atoms with Crippen molar-refractivity contribution in [2.45, 2.75) is 60.0 Å². The van der Waals surface area contributed by atoms with Gasteiger partial charge < -0.3 is 19.7 Å². The van der Waals surface area contributed by atoms with Gasteiger partial charge in [0, 0.05) is 41.7 Å². The topological polar surface area (TPSA) is 84.9 Å². The standard InChI is InChI=1S/C27H36N2O5/c1-8-29(9-2)19-12-10-18(11-13-19)23-22(27(32)34-15(3)4)17(6)28-20-14-16(5)21(26(31)33-7)25(30)24(20)23/h10-13,15-16,21,23,28H,8-9,14H2,1-7H3/t16-,21+,23-/m1/s1. The number of Topliss-reactive ketones (excluding diaryl/α,β-unsaturated/α-hetero) is 1. The Balaban J connectivity index is 2.15. The second-order valence-electron chi connectivity index (χ2n) is 9.25. The van der Waals surface area contributed by atoms with Crippen LogP contribution in [0.5, 0.6) is 0 Å². The third kappa shape index (κ3) is 4.74. The van der Waals surface area contributed by atoms with Crippen LogP contribution >= 0.6 is 0 Å². The zero-order valence-corrected chi connectivity index (χ0v) is 21.2. The minimum Gasteiger partial charge on any atom is -0.468 e. The van der Waals surface area contributed by atoms with Crippen LogP contribution < -0.4 is 10.2 Å². The summed E-state index contributed by atoms with van der Waals surface area (Å²) < 4.78 is 10.5. The second kappa shape index (κ2) is 10.5. The molecule has 0 unspecified atom stereocenters. The number of allylic oxidation sites excluding steroid dienone is 3. The van der Waals surface area contributed by atoms with Gasteiger partial charge in [-0.15, -0.1) is 0 Å². The third-order valence-corrected chi connectivity index (χ3v) is 6.66. The molecule has 184 valence electrons. The molecule has 0 saturated carbocycles. The molecule has 0 saturated heterocycles. The molecule has 1 aromatic carbocycles. The largest absolute Gasteiger partial charge is 0.468 e. The molecular weight excluding hydrogens is 432 g/mol. The lowest BCUT2D eigenvalue weighted by Crippen LogP contribution is -2.43. The average Bonchev–Trinajstić information content (AvgIpc) is 2.78. The molecule has 1 aliphatic carbocycles. The summed E-state index contributed by atoms with van der Waals surface area (Å²) in [5, 5.41) is 3.29. The van der Waals surface area contributed by atoms with Gasteiger partial charge in [0.15, 0.2) is 5.78 Å². The molecule has 7 nitrogen and oxygen atoms in total. The number of carbonyl (C=O) groups is 3. The predicted molar refractivity (Wildman–Crippen MR) is 131 cm³/mol. The van der Waals surface area contributed by atoms with Gasteiger partial charge in [0.05, 0.1) is 18.8 Å². The Morgan fingerprint density at radius 3 is 2.29 bits per heavy atom. The lowest BCUT2D eigenvalue weighted by molar-refractivity contribution is -0.151. The van der Waals surface area contributed by atoms with Gasteiger partial charge in [0.25, 0.3) is 0 Å². The summed E-state index contributed by atoms with van der Waals surface area (Å²) in [5.74, 6) is -3.05. The highest BCUT2D eigenvalue weighted by molar-refractivity contribution is 6.12. The Morgan fingerprint density at radius 2 is 1.76 bits per heavy atom. The van der Waals surface area contributed by atoms with Crippen LogP contribution in [0.4, 0.5) is 5.69 Å². The van der Waals surface area contributed by atoms with Gasteiger partial charge in [0.2, 0.25) is 0 Å². The monoisotopic (exact) mass is 468 g/mol. The molecule has 0 radical (unpaired) electrons. The van der Waals surface area contributed by atoms with Crippen molar-refractivity contribution in [1.29, 1.82) is 0 Å². The van der Waals surface area contributed by atoms with E-state index in [4.69, 9.17) is 9.47 Å². The van der Waals surface area contributed by atoms with E-state index in [0.29, 0.717) is 23.3 Å². The molecule has 2 aliphatic rings. The fourth-order valence-corrected chi connectivity index (χ4v) is 5.03. The van der Waals surface area contributed by atoms with E-state index in [1.54, 1.807) is 13.8 Å². The molecule has 1 heterocycles. The number of benzene rings is 1. The number of esters is 2. The molecule has 34 heavy (non-hydrogen) atoms.